The van der Waals surface area contributed by atoms with Crippen molar-refractivity contribution in [2.45, 2.75) is 46.1 Å². The number of hydrogen-bond acceptors (Lipinski definition) is 4. The molecule has 0 saturated heterocycles. The van der Waals surface area contributed by atoms with E-state index in [4.69, 9.17) is 4.52 Å². The molecule has 0 saturated carbocycles. The van der Waals surface area contributed by atoms with E-state index in [1.165, 1.54) is 0 Å². The van der Waals surface area contributed by atoms with Gasteiger partial charge in [-0.2, -0.15) is 5.10 Å². The molecule has 20 heavy (non-hydrogen) atoms. The van der Waals surface area contributed by atoms with E-state index in [0.29, 0.717) is 6.42 Å². The Balaban J connectivity index is 2.14. The summed E-state index contributed by atoms with van der Waals surface area (Å²) in [6.45, 7) is 7.87. The van der Waals surface area contributed by atoms with Crippen molar-refractivity contribution in [2.75, 3.05) is 5.32 Å². The summed E-state index contributed by atoms with van der Waals surface area (Å²) in [6.07, 6.45) is 2.24. The van der Waals surface area contributed by atoms with Crippen LogP contribution in [0.1, 0.15) is 54.8 Å². The van der Waals surface area contributed by atoms with Crippen molar-refractivity contribution in [3.05, 3.63) is 28.8 Å². The summed E-state index contributed by atoms with van der Waals surface area (Å²) in [5.41, 5.74) is 2.88. The molecular weight excluding hydrogens is 256 g/mol. The van der Waals surface area contributed by atoms with Gasteiger partial charge < -0.3 is 9.84 Å². The first kappa shape index (κ1) is 12.9. The van der Waals surface area contributed by atoms with Crippen LogP contribution in [0.3, 0.4) is 0 Å². The Kier molecular flexibility index (Phi) is 2.88. The lowest BCUT2D eigenvalue weighted by atomic mass is 9.86. The second kappa shape index (κ2) is 4.47. The van der Waals surface area contributed by atoms with Crippen molar-refractivity contribution in [1.82, 2.24) is 14.9 Å². The Morgan fingerprint density at radius 1 is 1.45 bits per heavy atom. The van der Waals surface area contributed by atoms with Crippen molar-refractivity contribution in [3.8, 4) is 0 Å². The minimum absolute atomic E-state index is 0.00454. The van der Waals surface area contributed by atoms with E-state index in [9.17, 15) is 4.79 Å². The van der Waals surface area contributed by atoms with Gasteiger partial charge in [-0.25, -0.2) is 4.68 Å². The number of carbonyl (C=O) groups excluding carboxylic acids is 1. The number of carbonyl (C=O) groups is 1. The third kappa shape index (κ3) is 1.83. The van der Waals surface area contributed by atoms with Crippen molar-refractivity contribution >= 4 is 11.7 Å². The fourth-order valence-corrected chi connectivity index (χ4v) is 2.88. The van der Waals surface area contributed by atoms with Gasteiger partial charge in [0, 0.05) is 29.5 Å². The molecule has 1 aliphatic rings. The van der Waals surface area contributed by atoms with E-state index in [2.05, 4.69) is 15.6 Å². The molecular formula is C14H18N4O2. The Morgan fingerprint density at radius 3 is 2.80 bits per heavy atom. The number of hydrogen-bond donors (Lipinski definition) is 1. The Labute approximate surface area is 117 Å². The van der Waals surface area contributed by atoms with Gasteiger partial charge in [-0.15, -0.1) is 0 Å². The van der Waals surface area contributed by atoms with Gasteiger partial charge in [0.15, 0.2) is 0 Å². The second-order valence-electron chi connectivity index (χ2n) is 5.53. The van der Waals surface area contributed by atoms with Crippen LogP contribution < -0.4 is 5.32 Å². The van der Waals surface area contributed by atoms with Gasteiger partial charge >= 0.3 is 0 Å². The molecule has 0 radical (unpaired) electrons. The van der Waals surface area contributed by atoms with Gasteiger partial charge in [0.2, 0.25) is 5.91 Å². The molecule has 1 aliphatic heterocycles. The molecule has 1 N–H and O–H groups in total. The van der Waals surface area contributed by atoms with Crippen LogP contribution in [-0.2, 0) is 4.79 Å². The second-order valence-corrected chi connectivity index (χ2v) is 5.53. The van der Waals surface area contributed by atoms with Crippen molar-refractivity contribution in [1.29, 1.82) is 0 Å². The summed E-state index contributed by atoms with van der Waals surface area (Å²) in [6, 6.07) is 0.197. The standard InChI is InChI=1S/C14H18N4O2/c1-7(2)18-14-11(6-15-18)10(5-12(19)16-14)13-8(3)17-20-9(13)4/h6-7,10H,5H2,1-4H3,(H,16,19)/t10-/m1/s1. The highest BCUT2D eigenvalue weighted by Gasteiger charge is 2.33. The highest BCUT2D eigenvalue weighted by molar-refractivity contribution is 5.94. The Hall–Kier alpha value is -2.11. The lowest BCUT2D eigenvalue weighted by molar-refractivity contribution is -0.116. The van der Waals surface area contributed by atoms with Crippen LogP contribution in [-0.4, -0.2) is 20.8 Å². The van der Waals surface area contributed by atoms with E-state index in [0.717, 1.165) is 28.4 Å². The number of anilines is 1. The number of rotatable bonds is 2. The Bertz CT molecular complexity index is 649. The predicted octanol–water partition coefficient (Wildman–Crippen LogP) is 2.54. The molecule has 3 heterocycles. The number of aryl methyl sites for hydroxylation is 2. The lowest BCUT2D eigenvalue weighted by Gasteiger charge is -2.24. The first-order valence-corrected chi connectivity index (χ1v) is 6.79. The summed E-state index contributed by atoms with van der Waals surface area (Å²) >= 11 is 0. The maximum absolute atomic E-state index is 12.0. The van der Waals surface area contributed by atoms with Gasteiger partial charge in [-0.3, -0.25) is 4.79 Å². The third-order valence-corrected chi connectivity index (χ3v) is 3.77. The number of amides is 1. The molecule has 2 aromatic heterocycles. The summed E-state index contributed by atoms with van der Waals surface area (Å²) in [4.78, 5) is 12.0. The molecule has 6 heteroatoms. The van der Waals surface area contributed by atoms with Crippen LogP contribution in [0.5, 0.6) is 0 Å². The van der Waals surface area contributed by atoms with E-state index in [1.807, 2.05) is 38.6 Å². The molecule has 3 rings (SSSR count). The minimum atomic E-state index is -0.0301. The van der Waals surface area contributed by atoms with Crippen LogP contribution >= 0.6 is 0 Å². The summed E-state index contributed by atoms with van der Waals surface area (Å²) in [5, 5.41) is 11.3. The maximum atomic E-state index is 12.0. The number of nitrogens with zero attached hydrogens (tertiary/aromatic N) is 3. The number of nitrogens with one attached hydrogen (secondary N) is 1. The van der Waals surface area contributed by atoms with E-state index >= 15 is 0 Å². The summed E-state index contributed by atoms with van der Waals surface area (Å²) in [5.74, 6) is 1.54. The largest absolute Gasteiger partial charge is 0.361 e. The average Bonchev–Trinajstić information content (AvgIpc) is 2.92. The smallest absolute Gasteiger partial charge is 0.226 e. The summed E-state index contributed by atoms with van der Waals surface area (Å²) < 4.78 is 7.09. The van der Waals surface area contributed by atoms with E-state index in [-0.39, 0.29) is 17.9 Å². The molecule has 0 spiro atoms. The molecule has 0 aromatic carbocycles. The van der Waals surface area contributed by atoms with Crippen molar-refractivity contribution in [2.24, 2.45) is 0 Å². The van der Waals surface area contributed by atoms with Gasteiger partial charge in [0.05, 0.1) is 11.9 Å². The molecule has 0 unspecified atom stereocenters. The monoisotopic (exact) mass is 274 g/mol. The van der Waals surface area contributed by atoms with Crippen LogP contribution in [0.2, 0.25) is 0 Å². The van der Waals surface area contributed by atoms with Crippen molar-refractivity contribution in [3.63, 3.8) is 0 Å². The molecule has 1 amide bonds. The first-order chi connectivity index (χ1) is 9.49. The first-order valence-electron chi connectivity index (χ1n) is 6.79. The van der Waals surface area contributed by atoms with E-state index in [1.54, 1.807) is 0 Å². The molecule has 0 fully saturated rings. The van der Waals surface area contributed by atoms with Gasteiger partial charge in [0.25, 0.3) is 0 Å². The predicted molar refractivity (Wildman–Crippen MR) is 73.7 cm³/mol. The number of aromatic nitrogens is 3. The zero-order chi connectivity index (χ0) is 14.4. The topological polar surface area (TPSA) is 73.0 Å². The third-order valence-electron chi connectivity index (χ3n) is 3.77. The van der Waals surface area contributed by atoms with Crippen LogP contribution in [0.25, 0.3) is 0 Å². The molecule has 1 atom stereocenters. The van der Waals surface area contributed by atoms with E-state index < -0.39 is 0 Å². The molecule has 0 bridgehead atoms. The molecule has 2 aromatic rings. The maximum Gasteiger partial charge on any atom is 0.226 e. The normalized spacial score (nSPS) is 18.2. The van der Waals surface area contributed by atoms with Crippen LogP contribution in [0.4, 0.5) is 5.82 Å². The lowest BCUT2D eigenvalue weighted by Crippen LogP contribution is -2.25. The SMILES string of the molecule is Cc1noc(C)c1[C@@H]1CC(=O)Nc2c1cnn2C(C)C. The van der Waals surface area contributed by atoms with Crippen LogP contribution in [0, 0.1) is 13.8 Å². The zero-order valence-electron chi connectivity index (χ0n) is 12.1. The highest BCUT2D eigenvalue weighted by Crippen LogP contribution is 2.40. The quantitative estimate of drug-likeness (QED) is 0.913. The van der Waals surface area contributed by atoms with Gasteiger partial charge in [-0.05, 0) is 27.7 Å². The fraction of sp³-hybridized carbons (Fsp3) is 0.500. The molecule has 106 valence electrons. The highest BCUT2D eigenvalue weighted by atomic mass is 16.5. The molecule has 0 aliphatic carbocycles. The van der Waals surface area contributed by atoms with Gasteiger partial charge in [-0.1, -0.05) is 5.16 Å². The minimum Gasteiger partial charge on any atom is -0.361 e. The summed E-state index contributed by atoms with van der Waals surface area (Å²) in [7, 11) is 0. The Morgan fingerprint density at radius 2 is 2.20 bits per heavy atom. The van der Waals surface area contributed by atoms with Crippen molar-refractivity contribution < 1.29 is 9.32 Å². The number of fused-ring (bicyclic) bond motifs is 1. The average molecular weight is 274 g/mol. The fourth-order valence-electron chi connectivity index (χ4n) is 2.88. The van der Waals surface area contributed by atoms with Crippen LogP contribution in [0.15, 0.2) is 10.7 Å². The zero-order valence-corrected chi connectivity index (χ0v) is 12.1. The molecule has 6 nitrogen and oxygen atoms in total. The van der Waals surface area contributed by atoms with Gasteiger partial charge in [0.1, 0.15) is 11.6 Å².